The highest BCUT2D eigenvalue weighted by molar-refractivity contribution is 7.13. The van der Waals surface area contributed by atoms with Crippen LogP contribution in [-0.2, 0) is 9.59 Å². The van der Waals surface area contributed by atoms with Crippen LogP contribution in [0.3, 0.4) is 0 Å². The SMILES string of the molecule is Cc1ncsc1-c1ccc(NC(=O)C2CC(O)CN2C(=O)C(NC(C)(C)C)C(C)C)cc1. The van der Waals surface area contributed by atoms with Crippen molar-refractivity contribution in [2.45, 2.75) is 71.7 Å². The number of thiazole rings is 1. The van der Waals surface area contributed by atoms with Gasteiger partial charge in [-0.15, -0.1) is 11.3 Å². The third-order valence-corrected chi connectivity index (χ3v) is 6.52. The molecule has 1 aromatic heterocycles. The van der Waals surface area contributed by atoms with Gasteiger partial charge < -0.3 is 20.6 Å². The number of aromatic nitrogens is 1. The summed E-state index contributed by atoms with van der Waals surface area (Å²) in [6, 6.07) is 6.46. The van der Waals surface area contributed by atoms with E-state index in [1.54, 1.807) is 11.3 Å². The van der Waals surface area contributed by atoms with E-state index in [-0.39, 0.29) is 36.2 Å². The number of likely N-dealkylation sites (tertiary alicyclic amines) is 1. The van der Waals surface area contributed by atoms with Crippen molar-refractivity contribution in [2.75, 3.05) is 11.9 Å². The molecule has 1 fully saturated rings. The van der Waals surface area contributed by atoms with Crippen molar-refractivity contribution in [1.82, 2.24) is 15.2 Å². The second-order valence-electron chi connectivity index (χ2n) is 9.85. The molecule has 32 heavy (non-hydrogen) atoms. The summed E-state index contributed by atoms with van der Waals surface area (Å²) in [7, 11) is 0. The second-order valence-corrected chi connectivity index (χ2v) is 10.7. The van der Waals surface area contributed by atoms with Crippen LogP contribution in [-0.4, -0.2) is 57.1 Å². The molecule has 3 atom stereocenters. The molecular weight excluding hydrogens is 424 g/mol. The lowest BCUT2D eigenvalue weighted by atomic mass is 9.98. The monoisotopic (exact) mass is 458 g/mol. The molecule has 0 spiro atoms. The summed E-state index contributed by atoms with van der Waals surface area (Å²) >= 11 is 1.58. The van der Waals surface area contributed by atoms with Gasteiger partial charge in [0, 0.05) is 24.2 Å². The predicted octanol–water partition coefficient (Wildman–Crippen LogP) is 3.43. The van der Waals surface area contributed by atoms with Crippen LogP contribution in [0.4, 0.5) is 5.69 Å². The fraction of sp³-hybridized carbons (Fsp3) is 0.542. The van der Waals surface area contributed by atoms with Gasteiger partial charge in [0.15, 0.2) is 0 Å². The fourth-order valence-electron chi connectivity index (χ4n) is 3.97. The number of rotatable bonds is 6. The smallest absolute Gasteiger partial charge is 0.247 e. The Labute approximate surface area is 194 Å². The first-order chi connectivity index (χ1) is 15.0. The highest BCUT2D eigenvalue weighted by Crippen LogP contribution is 2.28. The van der Waals surface area contributed by atoms with Gasteiger partial charge in [-0.2, -0.15) is 0 Å². The zero-order valence-electron chi connectivity index (χ0n) is 19.7. The zero-order valence-corrected chi connectivity index (χ0v) is 20.5. The Bertz CT molecular complexity index is 949. The predicted molar refractivity (Wildman–Crippen MR) is 129 cm³/mol. The van der Waals surface area contributed by atoms with Crippen molar-refractivity contribution in [3.8, 4) is 10.4 Å². The van der Waals surface area contributed by atoms with Gasteiger partial charge in [-0.05, 0) is 51.3 Å². The largest absolute Gasteiger partial charge is 0.391 e. The molecule has 0 aliphatic carbocycles. The van der Waals surface area contributed by atoms with Crippen molar-refractivity contribution in [1.29, 1.82) is 0 Å². The van der Waals surface area contributed by atoms with Gasteiger partial charge in [0.2, 0.25) is 11.8 Å². The van der Waals surface area contributed by atoms with Gasteiger partial charge in [-0.3, -0.25) is 9.59 Å². The topological polar surface area (TPSA) is 94.6 Å². The Hall–Kier alpha value is -2.29. The quantitative estimate of drug-likeness (QED) is 0.617. The molecule has 174 valence electrons. The molecule has 3 unspecified atom stereocenters. The van der Waals surface area contributed by atoms with Crippen LogP contribution in [0.2, 0.25) is 0 Å². The molecule has 1 aromatic carbocycles. The Balaban J connectivity index is 1.73. The average molecular weight is 459 g/mol. The number of aliphatic hydroxyl groups is 1. The van der Waals surface area contributed by atoms with Gasteiger partial charge in [0.05, 0.1) is 28.2 Å². The number of nitrogens with one attached hydrogen (secondary N) is 2. The molecule has 2 heterocycles. The summed E-state index contributed by atoms with van der Waals surface area (Å²) < 4.78 is 0. The second kappa shape index (κ2) is 9.68. The van der Waals surface area contributed by atoms with Gasteiger partial charge in [-0.1, -0.05) is 26.0 Å². The number of hydrogen-bond acceptors (Lipinski definition) is 6. The molecule has 0 saturated carbocycles. The van der Waals surface area contributed by atoms with E-state index >= 15 is 0 Å². The molecule has 7 nitrogen and oxygen atoms in total. The van der Waals surface area contributed by atoms with Crippen LogP contribution < -0.4 is 10.6 Å². The average Bonchev–Trinajstić information content (AvgIpc) is 3.31. The number of aryl methyl sites for hydroxylation is 1. The maximum Gasteiger partial charge on any atom is 0.247 e. The minimum absolute atomic E-state index is 0.0471. The Kier molecular flexibility index (Phi) is 7.37. The number of aliphatic hydroxyl groups excluding tert-OH is 1. The lowest BCUT2D eigenvalue weighted by Crippen LogP contribution is -2.57. The first kappa shape index (κ1) is 24.4. The minimum Gasteiger partial charge on any atom is -0.391 e. The minimum atomic E-state index is -0.714. The summed E-state index contributed by atoms with van der Waals surface area (Å²) in [6.45, 7) is 12.1. The van der Waals surface area contributed by atoms with Gasteiger partial charge in [-0.25, -0.2) is 4.98 Å². The highest BCUT2D eigenvalue weighted by Gasteiger charge is 2.42. The van der Waals surface area contributed by atoms with Crippen molar-refractivity contribution < 1.29 is 14.7 Å². The number of hydrogen-bond donors (Lipinski definition) is 3. The molecular formula is C24H34N4O3S. The number of β-amino-alcohol motifs (C(OH)–C–C–N with tert-alkyl or cyclic N) is 1. The van der Waals surface area contributed by atoms with Crippen LogP contribution in [0.25, 0.3) is 10.4 Å². The molecule has 1 aliphatic rings. The summed E-state index contributed by atoms with van der Waals surface area (Å²) in [5, 5.41) is 16.5. The van der Waals surface area contributed by atoms with Crippen LogP contribution in [0, 0.1) is 12.8 Å². The van der Waals surface area contributed by atoms with E-state index in [0.717, 1.165) is 16.1 Å². The molecule has 3 N–H and O–H groups in total. The summed E-state index contributed by atoms with van der Waals surface area (Å²) in [6.07, 6.45) is -0.482. The van der Waals surface area contributed by atoms with Crippen molar-refractivity contribution in [3.63, 3.8) is 0 Å². The standard InChI is InChI=1S/C24H34N4O3S/c1-14(2)20(27-24(4,5)6)23(31)28-12-18(29)11-19(28)22(30)26-17-9-7-16(8-10-17)21-15(3)25-13-32-21/h7-10,13-14,18-20,27,29H,11-12H2,1-6H3,(H,26,30). The van der Waals surface area contributed by atoms with Crippen LogP contribution >= 0.6 is 11.3 Å². The van der Waals surface area contributed by atoms with E-state index in [9.17, 15) is 14.7 Å². The molecule has 2 aromatic rings. The lowest BCUT2D eigenvalue weighted by Gasteiger charge is -2.34. The van der Waals surface area contributed by atoms with E-state index in [2.05, 4.69) is 15.6 Å². The number of carbonyl (C=O) groups is 2. The summed E-state index contributed by atoms with van der Waals surface area (Å²) in [5.74, 6) is -0.386. The van der Waals surface area contributed by atoms with Crippen LogP contribution in [0.1, 0.15) is 46.7 Å². The zero-order chi connectivity index (χ0) is 23.6. The van der Waals surface area contributed by atoms with E-state index in [1.165, 1.54) is 4.90 Å². The molecule has 1 saturated heterocycles. The molecule has 1 aliphatic heterocycles. The van der Waals surface area contributed by atoms with E-state index < -0.39 is 18.2 Å². The fourth-order valence-corrected chi connectivity index (χ4v) is 4.79. The van der Waals surface area contributed by atoms with E-state index in [4.69, 9.17) is 0 Å². The Morgan fingerprint density at radius 2 is 1.88 bits per heavy atom. The Morgan fingerprint density at radius 1 is 1.22 bits per heavy atom. The third-order valence-electron chi connectivity index (χ3n) is 5.55. The first-order valence-corrected chi connectivity index (χ1v) is 11.9. The van der Waals surface area contributed by atoms with Crippen molar-refractivity contribution in [2.24, 2.45) is 5.92 Å². The number of benzene rings is 1. The van der Waals surface area contributed by atoms with E-state index in [0.29, 0.717) is 5.69 Å². The normalized spacial score (nSPS) is 19.9. The van der Waals surface area contributed by atoms with Gasteiger partial charge >= 0.3 is 0 Å². The highest BCUT2D eigenvalue weighted by atomic mass is 32.1. The summed E-state index contributed by atoms with van der Waals surface area (Å²) in [4.78, 5) is 33.3. The number of amides is 2. The van der Waals surface area contributed by atoms with Gasteiger partial charge in [0.1, 0.15) is 6.04 Å². The first-order valence-electron chi connectivity index (χ1n) is 11.0. The maximum atomic E-state index is 13.4. The summed E-state index contributed by atoms with van der Waals surface area (Å²) in [5.41, 5.74) is 4.24. The Morgan fingerprint density at radius 3 is 2.41 bits per heavy atom. The van der Waals surface area contributed by atoms with E-state index in [1.807, 2.05) is 71.3 Å². The van der Waals surface area contributed by atoms with Gasteiger partial charge in [0.25, 0.3) is 0 Å². The molecule has 2 amide bonds. The number of nitrogens with zero attached hydrogens (tertiary/aromatic N) is 2. The molecule has 8 heteroatoms. The maximum absolute atomic E-state index is 13.4. The third kappa shape index (κ3) is 5.74. The van der Waals surface area contributed by atoms with Crippen LogP contribution in [0.15, 0.2) is 29.8 Å². The lowest BCUT2D eigenvalue weighted by molar-refractivity contribution is -0.140. The molecule has 0 bridgehead atoms. The van der Waals surface area contributed by atoms with Crippen molar-refractivity contribution in [3.05, 3.63) is 35.5 Å². The molecule has 3 rings (SSSR count). The number of anilines is 1. The van der Waals surface area contributed by atoms with Crippen molar-refractivity contribution >= 4 is 28.8 Å². The van der Waals surface area contributed by atoms with Crippen LogP contribution in [0.5, 0.6) is 0 Å². The number of carbonyl (C=O) groups excluding carboxylic acids is 2. The molecule has 0 radical (unpaired) electrons.